The molecule has 162 valence electrons. The zero-order valence-electron chi connectivity index (χ0n) is 17.3. The first-order valence-corrected chi connectivity index (χ1v) is 10.1. The number of amides is 1. The molecule has 1 fully saturated rings. The van der Waals surface area contributed by atoms with E-state index in [2.05, 4.69) is 20.3 Å². The second-order valence-corrected chi connectivity index (χ2v) is 7.71. The molecule has 3 heterocycles. The Balaban J connectivity index is 1.39. The van der Waals surface area contributed by atoms with Gasteiger partial charge in [-0.2, -0.15) is 0 Å². The van der Waals surface area contributed by atoms with Gasteiger partial charge in [0.2, 0.25) is 0 Å². The topological polar surface area (TPSA) is 109 Å². The highest BCUT2D eigenvalue weighted by molar-refractivity contribution is 5.96. The minimum Gasteiger partial charge on any atom is -0.495 e. The van der Waals surface area contributed by atoms with E-state index in [4.69, 9.17) is 10.5 Å². The number of halogens is 1. The number of nitrogens with two attached hydrogens (primary N) is 1. The number of anilines is 2. The molecular weight excluding hydrogens is 411 g/mol. The van der Waals surface area contributed by atoms with E-state index in [0.29, 0.717) is 41.6 Å². The molecule has 0 atom stereocenters. The Morgan fingerprint density at radius 2 is 2.06 bits per heavy atom. The van der Waals surface area contributed by atoms with Gasteiger partial charge in [-0.3, -0.25) is 9.78 Å². The first-order chi connectivity index (χ1) is 15.5. The predicted molar refractivity (Wildman–Crippen MR) is 119 cm³/mol. The maximum Gasteiger partial charge on any atom is 0.254 e. The Labute approximate surface area is 183 Å². The number of ether oxygens (including phenoxy) is 1. The van der Waals surface area contributed by atoms with Crippen LogP contribution < -0.4 is 15.8 Å². The molecule has 0 radical (unpaired) electrons. The molecule has 1 aliphatic rings. The lowest BCUT2D eigenvalue weighted by atomic mass is 10.1. The van der Waals surface area contributed by atoms with E-state index in [0.717, 1.165) is 16.6 Å². The SMILES string of the molecule is COc1cc(C(=O)N2CC(N)C2)ccc1Nc1cncc(-c2cc3cc(F)ccc3[nH]2)n1. The molecule has 0 aliphatic carbocycles. The molecule has 0 saturated carbocycles. The molecule has 0 spiro atoms. The number of nitrogens with one attached hydrogen (secondary N) is 2. The summed E-state index contributed by atoms with van der Waals surface area (Å²) in [6.07, 6.45) is 3.22. The zero-order valence-corrected chi connectivity index (χ0v) is 17.3. The van der Waals surface area contributed by atoms with E-state index >= 15 is 0 Å². The molecule has 8 nitrogen and oxygen atoms in total. The highest BCUT2D eigenvalue weighted by Crippen LogP contribution is 2.30. The van der Waals surface area contributed by atoms with Crippen LogP contribution in [0.2, 0.25) is 0 Å². The number of benzene rings is 2. The minimum atomic E-state index is -0.296. The van der Waals surface area contributed by atoms with Crippen LogP contribution in [0.1, 0.15) is 10.4 Å². The maximum atomic E-state index is 13.5. The van der Waals surface area contributed by atoms with E-state index < -0.39 is 0 Å². The summed E-state index contributed by atoms with van der Waals surface area (Å²) in [4.78, 5) is 26.3. The van der Waals surface area contributed by atoms with Crippen molar-refractivity contribution in [1.29, 1.82) is 0 Å². The van der Waals surface area contributed by atoms with Crippen LogP contribution in [-0.2, 0) is 0 Å². The van der Waals surface area contributed by atoms with Crippen molar-refractivity contribution < 1.29 is 13.9 Å². The van der Waals surface area contributed by atoms with Crippen molar-refractivity contribution in [3.8, 4) is 17.1 Å². The summed E-state index contributed by atoms with van der Waals surface area (Å²) in [5.41, 5.74) is 9.09. The van der Waals surface area contributed by atoms with Crippen LogP contribution >= 0.6 is 0 Å². The van der Waals surface area contributed by atoms with Gasteiger partial charge in [-0.1, -0.05) is 0 Å². The highest BCUT2D eigenvalue weighted by atomic mass is 19.1. The molecule has 0 unspecified atom stereocenters. The number of fused-ring (bicyclic) bond motifs is 1. The van der Waals surface area contributed by atoms with Gasteiger partial charge in [0.25, 0.3) is 5.91 Å². The van der Waals surface area contributed by atoms with Crippen LogP contribution in [0.5, 0.6) is 5.75 Å². The van der Waals surface area contributed by atoms with Gasteiger partial charge in [0.1, 0.15) is 23.1 Å². The number of nitrogens with zero attached hydrogens (tertiary/aromatic N) is 3. The molecule has 0 bridgehead atoms. The van der Waals surface area contributed by atoms with Gasteiger partial charge in [-0.15, -0.1) is 0 Å². The molecule has 1 saturated heterocycles. The van der Waals surface area contributed by atoms with Gasteiger partial charge in [0.15, 0.2) is 0 Å². The lowest BCUT2D eigenvalue weighted by Crippen LogP contribution is -2.57. The van der Waals surface area contributed by atoms with E-state index in [-0.39, 0.29) is 17.8 Å². The fourth-order valence-corrected chi connectivity index (χ4v) is 3.72. The largest absolute Gasteiger partial charge is 0.495 e. The number of hydrogen-bond donors (Lipinski definition) is 3. The molecular formula is C23H21FN6O2. The van der Waals surface area contributed by atoms with E-state index in [9.17, 15) is 9.18 Å². The van der Waals surface area contributed by atoms with Crippen LogP contribution in [0.4, 0.5) is 15.9 Å². The Morgan fingerprint density at radius 1 is 1.22 bits per heavy atom. The lowest BCUT2D eigenvalue weighted by molar-refractivity contribution is 0.0608. The summed E-state index contributed by atoms with van der Waals surface area (Å²) in [6.45, 7) is 1.12. The number of carbonyl (C=O) groups is 1. The first-order valence-electron chi connectivity index (χ1n) is 10.1. The first kappa shape index (κ1) is 20.0. The average molecular weight is 432 g/mol. The molecule has 5 rings (SSSR count). The van der Waals surface area contributed by atoms with Crippen molar-refractivity contribution in [3.05, 3.63) is 66.2 Å². The smallest absolute Gasteiger partial charge is 0.254 e. The van der Waals surface area contributed by atoms with Gasteiger partial charge < -0.3 is 25.7 Å². The number of methoxy groups -OCH3 is 1. The fraction of sp³-hybridized carbons (Fsp3) is 0.174. The second-order valence-electron chi connectivity index (χ2n) is 7.71. The molecule has 4 N–H and O–H groups in total. The third-order valence-electron chi connectivity index (χ3n) is 5.40. The Morgan fingerprint density at radius 3 is 2.84 bits per heavy atom. The number of H-pyrrole nitrogens is 1. The van der Waals surface area contributed by atoms with Gasteiger partial charge in [0, 0.05) is 35.6 Å². The van der Waals surface area contributed by atoms with Crippen LogP contribution in [0.15, 0.2) is 54.9 Å². The van der Waals surface area contributed by atoms with E-state index in [1.807, 2.05) is 6.07 Å². The van der Waals surface area contributed by atoms with Crippen LogP contribution in [-0.4, -0.2) is 52.0 Å². The van der Waals surface area contributed by atoms with Crippen molar-refractivity contribution in [2.75, 3.05) is 25.5 Å². The van der Waals surface area contributed by atoms with Crippen LogP contribution in [0, 0.1) is 5.82 Å². The molecule has 9 heteroatoms. The Bertz CT molecular complexity index is 1320. The highest BCUT2D eigenvalue weighted by Gasteiger charge is 2.28. The summed E-state index contributed by atoms with van der Waals surface area (Å²) in [5.74, 6) is 0.636. The summed E-state index contributed by atoms with van der Waals surface area (Å²) in [5, 5.41) is 3.94. The monoisotopic (exact) mass is 432 g/mol. The quantitative estimate of drug-likeness (QED) is 0.447. The third-order valence-corrected chi connectivity index (χ3v) is 5.40. The predicted octanol–water partition coefficient (Wildman–Crippen LogP) is 3.30. The molecule has 32 heavy (non-hydrogen) atoms. The van der Waals surface area contributed by atoms with Crippen molar-refractivity contribution >= 4 is 28.3 Å². The van der Waals surface area contributed by atoms with Crippen molar-refractivity contribution in [2.24, 2.45) is 5.73 Å². The molecule has 2 aromatic carbocycles. The van der Waals surface area contributed by atoms with Crippen molar-refractivity contribution in [3.63, 3.8) is 0 Å². The molecule has 4 aromatic rings. The third kappa shape index (κ3) is 3.74. The fourth-order valence-electron chi connectivity index (χ4n) is 3.72. The summed E-state index contributed by atoms with van der Waals surface area (Å²) in [6, 6.07) is 11.6. The lowest BCUT2D eigenvalue weighted by Gasteiger charge is -2.36. The summed E-state index contributed by atoms with van der Waals surface area (Å²) < 4.78 is 19.0. The number of hydrogen-bond acceptors (Lipinski definition) is 6. The van der Waals surface area contributed by atoms with Gasteiger partial charge in [-0.05, 0) is 42.5 Å². The number of carbonyl (C=O) groups excluding carboxylic acids is 1. The standard InChI is InChI=1S/C23H21FN6O2/c1-32-21-8-13(23(31)30-11-16(25)12-30)2-4-18(21)28-22-10-26-9-20(29-22)19-7-14-6-15(24)3-5-17(14)27-19/h2-10,16,27H,11-12,25H2,1H3,(H,28,29). The van der Waals surface area contributed by atoms with Gasteiger partial charge >= 0.3 is 0 Å². The number of aromatic amines is 1. The molecule has 1 amide bonds. The summed E-state index contributed by atoms with van der Waals surface area (Å²) >= 11 is 0. The van der Waals surface area contributed by atoms with E-state index in [1.165, 1.54) is 12.1 Å². The van der Waals surface area contributed by atoms with Crippen LogP contribution in [0.3, 0.4) is 0 Å². The maximum absolute atomic E-state index is 13.5. The summed E-state index contributed by atoms with van der Waals surface area (Å²) in [7, 11) is 1.54. The second kappa shape index (κ2) is 7.93. The van der Waals surface area contributed by atoms with Gasteiger partial charge in [0.05, 0.1) is 30.9 Å². The van der Waals surface area contributed by atoms with Crippen LogP contribution in [0.25, 0.3) is 22.3 Å². The minimum absolute atomic E-state index is 0.0453. The number of likely N-dealkylation sites (tertiary alicyclic amines) is 1. The van der Waals surface area contributed by atoms with Gasteiger partial charge in [-0.25, -0.2) is 9.37 Å². The number of rotatable bonds is 5. The molecule has 2 aromatic heterocycles. The normalized spacial score (nSPS) is 13.8. The Hall–Kier alpha value is -3.98. The zero-order chi connectivity index (χ0) is 22.2. The van der Waals surface area contributed by atoms with Crippen molar-refractivity contribution in [1.82, 2.24) is 19.9 Å². The Kier molecular flexibility index (Phi) is 4.95. The average Bonchev–Trinajstić information content (AvgIpc) is 3.20. The van der Waals surface area contributed by atoms with E-state index in [1.54, 1.807) is 48.7 Å². The van der Waals surface area contributed by atoms with Crippen molar-refractivity contribution in [2.45, 2.75) is 6.04 Å². The molecule has 1 aliphatic heterocycles. The number of aromatic nitrogens is 3.